The maximum Gasteiger partial charge on any atom is 0.290 e. The van der Waals surface area contributed by atoms with Crippen LogP contribution in [0.2, 0.25) is 0 Å². The van der Waals surface area contributed by atoms with Gasteiger partial charge in [-0.2, -0.15) is 0 Å². The number of halogens is 1. The van der Waals surface area contributed by atoms with E-state index in [2.05, 4.69) is 18.8 Å². The van der Waals surface area contributed by atoms with Gasteiger partial charge in [-0.05, 0) is 23.6 Å². The molecule has 0 N–H and O–H groups in total. The smallest absolute Gasteiger partial charge is 0.290 e. The summed E-state index contributed by atoms with van der Waals surface area (Å²) in [4.78, 5) is 18.5. The van der Waals surface area contributed by atoms with E-state index in [4.69, 9.17) is 0 Å². The highest BCUT2D eigenvalue weighted by molar-refractivity contribution is 5.90. The van der Waals surface area contributed by atoms with Gasteiger partial charge < -0.3 is 9.47 Å². The Hall–Kier alpha value is -2.17. The molecule has 0 saturated carbocycles. The lowest BCUT2D eigenvalue weighted by molar-refractivity contribution is 0.0706. The van der Waals surface area contributed by atoms with Gasteiger partial charge in [-0.1, -0.05) is 26.0 Å². The van der Waals surface area contributed by atoms with Crippen molar-refractivity contribution in [2.24, 2.45) is 13.0 Å². The molecule has 4 nitrogen and oxygen atoms in total. The summed E-state index contributed by atoms with van der Waals surface area (Å²) in [5.74, 6) is 0.373. The Bertz CT molecular complexity index is 604. The second kappa shape index (κ2) is 6.52. The van der Waals surface area contributed by atoms with Crippen LogP contribution in [0.3, 0.4) is 0 Å². The first-order valence-electron chi connectivity index (χ1n) is 6.98. The lowest BCUT2D eigenvalue weighted by Gasteiger charge is -2.24. The molecule has 0 atom stereocenters. The van der Waals surface area contributed by atoms with E-state index in [1.165, 1.54) is 12.1 Å². The molecule has 21 heavy (non-hydrogen) atoms. The van der Waals surface area contributed by atoms with Crippen molar-refractivity contribution in [3.8, 4) is 0 Å². The Balaban J connectivity index is 2.20. The van der Waals surface area contributed by atoms with Crippen molar-refractivity contribution in [1.82, 2.24) is 14.5 Å². The number of carbonyl (C=O) groups is 1. The van der Waals surface area contributed by atoms with Gasteiger partial charge in [0.05, 0.1) is 0 Å². The molecule has 1 heterocycles. The zero-order valence-electron chi connectivity index (χ0n) is 12.6. The van der Waals surface area contributed by atoms with Gasteiger partial charge in [0.15, 0.2) is 5.82 Å². The summed E-state index contributed by atoms with van der Waals surface area (Å²) in [7, 11) is 1.80. The van der Waals surface area contributed by atoms with Crippen molar-refractivity contribution in [1.29, 1.82) is 0 Å². The minimum absolute atomic E-state index is 0.111. The van der Waals surface area contributed by atoms with Crippen LogP contribution in [0.1, 0.15) is 30.0 Å². The van der Waals surface area contributed by atoms with Gasteiger partial charge in [0, 0.05) is 32.5 Å². The number of carbonyl (C=O) groups excluding carboxylic acids is 1. The maximum absolute atomic E-state index is 13.0. The normalized spacial score (nSPS) is 10.9. The molecule has 0 fully saturated rings. The fourth-order valence-corrected chi connectivity index (χ4v) is 2.18. The first kappa shape index (κ1) is 15.2. The second-order valence-electron chi connectivity index (χ2n) is 5.57. The number of aromatic nitrogens is 2. The first-order chi connectivity index (χ1) is 9.97. The Morgan fingerprint density at radius 3 is 2.52 bits per heavy atom. The Labute approximate surface area is 124 Å². The van der Waals surface area contributed by atoms with Gasteiger partial charge in [0.1, 0.15) is 5.82 Å². The summed E-state index contributed by atoms with van der Waals surface area (Å²) < 4.78 is 14.7. The minimum atomic E-state index is -0.274. The van der Waals surface area contributed by atoms with Crippen LogP contribution in [-0.2, 0) is 13.6 Å². The monoisotopic (exact) mass is 289 g/mol. The summed E-state index contributed by atoms with van der Waals surface area (Å²) in [6, 6.07) is 6.23. The average molecular weight is 289 g/mol. The van der Waals surface area contributed by atoms with Gasteiger partial charge in [-0.15, -0.1) is 0 Å². The second-order valence-corrected chi connectivity index (χ2v) is 5.57. The van der Waals surface area contributed by atoms with Gasteiger partial charge in [0.2, 0.25) is 0 Å². The summed E-state index contributed by atoms with van der Waals surface area (Å²) in [5.41, 5.74) is 0.902. The zero-order valence-corrected chi connectivity index (χ0v) is 12.6. The van der Waals surface area contributed by atoms with Crippen LogP contribution >= 0.6 is 0 Å². The van der Waals surface area contributed by atoms with Gasteiger partial charge in [0.25, 0.3) is 5.91 Å². The minimum Gasteiger partial charge on any atom is -0.331 e. The standard InChI is InChI=1S/C16H20FN3O/c1-12(2)10-20(11-13-4-6-14(17)7-5-13)16(21)15-18-8-9-19(15)3/h4-9,12H,10-11H2,1-3H3. The number of imidazole rings is 1. The number of benzene rings is 1. The predicted octanol–water partition coefficient (Wildman–Crippen LogP) is 2.86. The number of hydrogen-bond donors (Lipinski definition) is 0. The van der Waals surface area contributed by atoms with Crippen molar-refractivity contribution in [2.45, 2.75) is 20.4 Å². The molecular weight excluding hydrogens is 269 g/mol. The largest absolute Gasteiger partial charge is 0.331 e. The summed E-state index contributed by atoms with van der Waals surface area (Å²) >= 11 is 0. The Morgan fingerprint density at radius 2 is 2.00 bits per heavy atom. The van der Waals surface area contributed by atoms with Crippen molar-refractivity contribution < 1.29 is 9.18 Å². The van der Waals surface area contributed by atoms with E-state index in [0.717, 1.165) is 5.56 Å². The summed E-state index contributed by atoms with van der Waals surface area (Å²) in [6.07, 6.45) is 3.36. The van der Waals surface area contributed by atoms with E-state index in [1.807, 2.05) is 0 Å². The molecule has 5 heteroatoms. The summed E-state index contributed by atoms with van der Waals surface area (Å²) in [5, 5.41) is 0. The van der Waals surface area contributed by atoms with Crippen LogP contribution in [0, 0.1) is 11.7 Å². The number of aryl methyl sites for hydroxylation is 1. The fraction of sp³-hybridized carbons (Fsp3) is 0.375. The molecule has 0 aliphatic rings. The van der Waals surface area contributed by atoms with E-state index in [1.54, 1.807) is 41.0 Å². The molecule has 0 saturated heterocycles. The van der Waals surface area contributed by atoms with E-state index in [9.17, 15) is 9.18 Å². The van der Waals surface area contributed by atoms with E-state index in [-0.39, 0.29) is 11.7 Å². The molecule has 2 aromatic rings. The van der Waals surface area contributed by atoms with Crippen LogP contribution in [0.15, 0.2) is 36.7 Å². The maximum atomic E-state index is 13.0. The van der Waals surface area contributed by atoms with E-state index >= 15 is 0 Å². The molecule has 112 valence electrons. The lowest BCUT2D eigenvalue weighted by atomic mass is 10.1. The van der Waals surface area contributed by atoms with Crippen LogP contribution in [0.25, 0.3) is 0 Å². The van der Waals surface area contributed by atoms with Gasteiger partial charge in [-0.25, -0.2) is 9.37 Å². The molecule has 2 rings (SSSR count). The molecule has 0 spiro atoms. The number of amides is 1. The SMILES string of the molecule is CC(C)CN(Cc1ccc(F)cc1)C(=O)c1nccn1C. The molecule has 0 aliphatic carbocycles. The highest BCUT2D eigenvalue weighted by atomic mass is 19.1. The number of hydrogen-bond acceptors (Lipinski definition) is 2. The van der Waals surface area contributed by atoms with Crippen molar-refractivity contribution in [3.63, 3.8) is 0 Å². The third-order valence-electron chi connectivity index (χ3n) is 3.17. The molecule has 0 bridgehead atoms. The summed E-state index contributed by atoms with van der Waals surface area (Å²) in [6.45, 7) is 5.19. The molecule has 1 amide bonds. The van der Waals surface area contributed by atoms with Crippen molar-refractivity contribution >= 4 is 5.91 Å². The molecule has 1 aromatic heterocycles. The van der Waals surface area contributed by atoms with Crippen molar-refractivity contribution in [2.75, 3.05) is 6.54 Å². The van der Waals surface area contributed by atoms with Crippen LogP contribution in [-0.4, -0.2) is 26.9 Å². The number of rotatable bonds is 5. The average Bonchev–Trinajstić information content (AvgIpc) is 2.85. The van der Waals surface area contributed by atoms with Crippen molar-refractivity contribution in [3.05, 3.63) is 53.9 Å². The lowest BCUT2D eigenvalue weighted by Crippen LogP contribution is -2.35. The number of nitrogens with zero attached hydrogens (tertiary/aromatic N) is 3. The topological polar surface area (TPSA) is 38.1 Å². The first-order valence-corrected chi connectivity index (χ1v) is 6.98. The van der Waals surface area contributed by atoms with Crippen LogP contribution < -0.4 is 0 Å². The third kappa shape index (κ3) is 3.90. The fourth-order valence-electron chi connectivity index (χ4n) is 2.18. The molecule has 0 aliphatic heterocycles. The molecular formula is C16H20FN3O. The highest BCUT2D eigenvalue weighted by Crippen LogP contribution is 2.12. The zero-order chi connectivity index (χ0) is 15.4. The molecule has 1 aromatic carbocycles. The quantitative estimate of drug-likeness (QED) is 0.849. The Morgan fingerprint density at radius 1 is 1.33 bits per heavy atom. The van der Waals surface area contributed by atoms with Gasteiger partial charge in [-0.3, -0.25) is 4.79 Å². The van der Waals surface area contributed by atoms with E-state index < -0.39 is 0 Å². The molecule has 0 unspecified atom stereocenters. The van der Waals surface area contributed by atoms with Crippen LogP contribution in [0.5, 0.6) is 0 Å². The molecule has 0 radical (unpaired) electrons. The predicted molar refractivity (Wildman–Crippen MR) is 79.2 cm³/mol. The highest BCUT2D eigenvalue weighted by Gasteiger charge is 2.20. The van der Waals surface area contributed by atoms with E-state index in [0.29, 0.717) is 24.8 Å². The van der Waals surface area contributed by atoms with Gasteiger partial charge >= 0.3 is 0 Å². The van der Waals surface area contributed by atoms with Crippen LogP contribution in [0.4, 0.5) is 4.39 Å². The Kier molecular flexibility index (Phi) is 4.73. The third-order valence-corrected chi connectivity index (χ3v) is 3.17.